The third-order valence-corrected chi connectivity index (χ3v) is 3.04. The first-order valence-corrected chi connectivity index (χ1v) is 6.21. The topological polar surface area (TPSA) is 41.1 Å². The lowest BCUT2D eigenvalue weighted by Crippen LogP contribution is -2.39. The van der Waals surface area contributed by atoms with Crippen molar-refractivity contribution >= 4 is 23.2 Å². The van der Waals surface area contributed by atoms with Crippen LogP contribution in [0.1, 0.15) is 45.4 Å². The van der Waals surface area contributed by atoms with E-state index >= 15 is 0 Å². The molecule has 86 valence electrons. The SMILES string of the molecule is CCNC(=S)NC(=O)CC1CCCCC1. The third kappa shape index (κ3) is 5.11. The minimum absolute atomic E-state index is 0.0628. The Labute approximate surface area is 97.0 Å². The van der Waals surface area contributed by atoms with Crippen LogP contribution in [0.15, 0.2) is 0 Å². The van der Waals surface area contributed by atoms with Gasteiger partial charge in [-0.1, -0.05) is 19.3 Å². The van der Waals surface area contributed by atoms with Gasteiger partial charge in [0, 0.05) is 13.0 Å². The van der Waals surface area contributed by atoms with Crippen molar-refractivity contribution in [3.8, 4) is 0 Å². The molecule has 1 aliphatic rings. The Morgan fingerprint density at radius 3 is 2.60 bits per heavy atom. The van der Waals surface area contributed by atoms with Crippen LogP contribution < -0.4 is 10.6 Å². The van der Waals surface area contributed by atoms with E-state index in [0.717, 1.165) is 6.54 Å². The molecule has 0 aromatic carbocycles. The molecule has 0 spiro atoms. The molecule has 4 heteroatoms. The molecule has 1 fully saturated rings. The Bertz CT molecular complexity index is 225. The quantitative estimate of drug-likeness (QED) is 0.726. The molecule has 1 amide bonds. The summed E-state index contributed by atoms with van der Waals surface area (Å²) in [5.74, 6) is 0.635. The highest BCUT2D eigenvalue weighted by Crippen LogP contribution is 2.25. The summed E-state index contributed by atoms with van der Waals surface area (Å²) in [6, 6.07) is 0. The molecule has 2 N–H and O–H groups in total. The number of hydrogen-bond acceptors (Lipinski definition) is 2. The number of amides is 1. The number of carbonyl (C=O) groups is 1. The maximum Gasteiger partial charge on any atom is 0.226 e. The van der Waals surface area contributed by atoms with Gasteiger partial charge in [-0.05, 0) is 37.9 Å². The van der Waals surface area contributed by atoms with Crippen LogP contribution in [0.2, 0.25) is 0 Å². The summed E-state index contributed by atoms with van der Waals surface area (Å²) in [6.45, 7) is 2.71. The van der Waals surface area contributed by atoms with E-state index in [2.05, 4.69) is 10.6 Å². The summed E-state index contributed by atoms with van der Waals surface area (Å²) in [5, 5.41) is 6.08. The number of thiocarbonyl (C=S) groups is 1. The zero-order chi connectivity index (χ0) is 11.1. The predicted octanol–water partition coefficient (Wildman–Crippen LogP) is 1.97. The van der Waals surface area contributed by atoms with Gasteiger partial charge in [0.05, 0.1) is 0 Å². The Hall–Kier alpha value is -0.640. The van der Waals surface area contributed by atoms with E-state index in [0.29, 0.717) is 17.5 Å². The maximum absolute atomic E-state index is 11.6. The molecule has 1 saturated carbocycles. The zero-order valence-electron chi connectivity index (χ0n) is 9.34. The lowest BCUT2D eigenvalue weighted by molar-refractivity contribution is -0.120. The third-order valence-electron chi connectivity index (χ3n) is 2.79. The fourth-order valence-corrected chi connectivity index (χ4v) is 2.29. The van der Waals surface area contributed by atoms with Crippen molar-refractivity contribution in [2.45, 2.75) is 45.4 Å². The van der Waals surface area contributed by atoms with Gasteiger partial charge in [-0.2, -0.15) is 0 Å². The molecule has 15 heavy (non-hydrogen) atoms. The Morgan fingerprint density at radius 1 is 1.33 bits per heavy atom. The molecule has 3 nitrogen and oxygen atoms in total. The van der Waals surface area contributed by atoms with Crippen LogP contribution in [0, 0.1) is 5.92 Å². The molecule has 0 unspecified atom stereocenters. The summed E-state index contributed by atoms with van der Waals surface area (Å²) in [7, 11) is 0. The van der Waals surface area contributed by atoms with Gasteiger partial charge in [0.15, 0.2) is 5.11 Å². The highest BCUT2D eigenvalue weighted by Gasteiger charge is 2.17. The maximum atomic E-state index is 11.6. The van der Waals surface area contributed by atoms with E-state index < -0.39 is 0 Å². The average molecular weight is 228 g/mol. The highest BCUT2D eigenvalue weighted by atomic mass is 32.1. The minimum atomic E-state index is 0.0628. The Kier molecular flexibility index (Phi) is 5.61. The van der Waals surface area contributed by atoms with E-state index in [1.165, 1.54) is 32.1 Å². The van der Waals surface area contributed by atoms with E-state index in [1.807, 2.05) is 6.92 Å². The molecule has 0 atom stereocenters. The number of nitrogens with one attached hydrogen (secondary N) is 2. The lowest BCUT2D eigenvalue weighted by Gasteiger charge is -2.20. The van der Waals surface area contributed by atoms with Gasteiger partial charge in [-0.25, -0.2) is 0 Å². The molecule has 0 bridgehead atoms. The second-order valence-electron chi connectivity index (χ2n) is 4.12. The molecular formula is C11H20N2OS. The molecule has 1 aliphatic carbocycles. The molecular weight excluding hydrogens is 208 g/mol. The van der Waals surface area contributed by atoms with Crippen molar-refractivity contribution in [2.24, 2.45) is 5.92 Å². The van der Waals surface area contributed by atoms with Gasteiger partial charge < -0.3 is 10.6 Å². The first-order valence-electron chi connectivity index (χ1n) is 5.80. The molecule has 0 heterocycles. The monoisotopic (exact) mass is 228 g/mol. The van der Waals surface area contributed by atoms with Crippen molar-refractivity contribution in [2.75, 3.05) is 6.54 Å². The molecule has 0 radical (unpaired) electrons. The van der Waals surface area contributed by atoms with Gasteiger partial charge in [0.1, 0.15) is 0 Å². The van der Waals surface area contributed by atoms with Gasteiger partial charge in [-0.15, -0.1) is 0 Å². The van der Waals surface area contributed by atoms with Gasteiger partial charge in [0.2, 0.25) is 5.91 Å². The van der Waals surface area contributed by atoms with Gasteiger partial charge >= 0.3 is 0 Å². The van der Waals surface area contributed by atoms with Crippen LogP contribution in [0.25, 0.3) is 0 Å². The van der Waals surface area contributed by atoms with E-state index in [9.17, 15) is 4.79 Å². The van der Waals surface area contributed by atoms with E-state index in [-0.39, 0.29) is 5.91 Å². The van der Waals surface area contributed by atoms with Crippen LogP contribution in [0.5, 0.6) is 0 Å². The molecule has 0 saturated heterocycles. The minimum Gasteiger partial charge on any atom is -0.363 e. The highest BCUT2D eigenvalue weighted by molar-refractivity contribution is 7.80. The van der Waals surface area contributed by atoms with Gasteiger partial charge in [0.25, 0.3) is 0 Å². The number of hydrogen-bond donors (Lipinski definition) is 2. The summed E-state index contributed by atoms with van der Waals surface area (Å²) < 4.78 is 0. The molecule has 0 aliphatic heterocycles. The van der Waals surface area contributed by atoms with Crippen molar-refractivity contribution in [1.82, 2.24) is 10.6 Å². The Morgan fingerprint density at radius 2 is 2.00 bits per heavy atom. The zero-order valence-corrected chi connectivity index (χ0v) is 10.2. The smallest absolute Gasteiger partial charge is 0.226 e. The van der Waals surface area contributed by atoms with Crippen LogP contribution >= 0.6 is 12.2 Å². The van der Waals surface area contributed by atoms with Crippen molar-refractivity contribution in [1.29, 1.82) is 0 Å². The summed E-state index contributed by atoms with van der Waals surface area (Å²) in [4.78, 5) is 11.6. The first-order chi connectivity index (χ1) is 7.22. The van der Waals surface area contributed by atoms with E-state index in [1.54, 1.807) is 0 Å². The van der Waals surface area contributed by atoms with Crippen molar-refractivity contribution in [3.63, 3.8) is 0 Å². The Balaban J connectivity index is 2.19. The fraction of sp³-hybridized carbons (Fsp3) is 0.818. The average Bonchev–Trinajstić information content (AvgIpc) is 2.19. The predicted molar refractivity (Wildman–Crippen MR) is 65.6 cm³/mol. The largest absolute Gasteiger partial charge is 0.363 e. The number of rotatable bonds is 3. The summed E-state index contributed by atoms with van der Waals surface area (Å²) in [6.07, 6.45) is 6.90. The van der Waals surface area contributed by atoms with Crippen molar-refractivity contribution < 1.29 is 4.79 Å². The lowest BCUT2D eigenvalue weighted by atomic mass is 9.87. The number of carbonyl (C=O) groups excluding carboxylic acids is 1. The van der Waals surface area contributed by atoms with E-state index in [4.69, 9.17) is 12.2 Å². The summed E-state index contributed by atoms with van der Waals surface area (Å²) in [5.41, 5.74) is 0. The molecule has 0 aromatic heterocycles. The molecule has 0 aromatic rings. The van der Waals surface area contributed by atoms with Crippen LogP contribution in [0.4, 0.5) is 0 Å². The first kappa shape index (κ1) is 12.4. The second-order valence-corrected chi connectivity index (χ2v) is 4.52. The standard InChI is InChI=1S/C11H20N2OS/c1-2-12-11(15)13-10(14)8-9-6-4-3-5-7-9/h9H,2-8H2,1H3,(H2,12,13,14,15). The van der Waals surface area contributed by atoms with Crippen molar-refractivity contribution in [3.05, 3.63) is 0 Å². The van der Waals surface area contributed by atoms with Crippen LogP contribution in [0.3, 0.4) is 0 Å². The summed E-state index contributed by atoms with van der Waals surface area (Å²) >= 11 is 4.95. The normalized spacial score (nSPS) is 17.1. The second kappa shape index (κ2) is 6.77. The van der Waals surface area contributed by atoms with Gasteiger partial charge in [-0.3, -0.25) is 4.79 Å². The van der Waals surface area contributed by atoms with Crippen LogP contribution in [-0.4, -0.2) is 17.6 Å². The van der Waals surface area contributed by atoms with Crippen LogP contribution in [-0.2, 0) is 4.79 Å². The molecule has 1 rings (SSSR count). The fourth-order valence-electron chi connectivity index (χ4n) is 2.04.